The molecule has 2 aromatic carbocycles. The number of benzene rings is 2. The number of hydrogen-bond acceptors (Lipinski definition) is 5. The van der Waals surface area contributed by atoms with Gasteiger partial charge in [0.15, 0.2) is 6.61 Å². The molecule has 0 heterocycles. The molecule has 0 aliphatic heterocycles. The number of carbonyl (C=O) groups is 1. The molecule has 0 bridgehead atoms. The predicted molar refractivity (Wildman–Crippen MR) is 114 cm³/mol. The number of nitrogens with one attached hydrogen (secondary N) is 2. The Labute approximate surface area is 180 Å². The maximum Gasteiger partial charge on any atom is 0.262 e. The number of rotatable bonds is 9. The van der Waals surface area contributed by atoms with Crippen molar-refractivity contribution in [3.05, 3.63) is 46.4 Å². The molecule has 0 aliphatic carbocycles. The van der Waals surface area contributed by atoms with E-state index in [9.17, 15) is 13.2 Å². The molecule has 0 aliphatic rings. The van der Waals surface area contributed by atoms with Crippen LogP contribution in [0.3, 0.4) is 0 Å². The van der Waals surface area contributed by atoms with Crippen molar-refractivity contribution in [1.82, 2.24) is 4.72 Å². The third-order valence-corrected chi connectivity index (χ3v) is 5.70. The number of hydrogen-bond donors (Lipinski definition) is 2. The second-order valence-electron chi connectivity index (χ2n) is 6.52. The lowest BCUT2D eigenvalue weighted by atomic mass is 10.2. The van der Waals surface area contributed by atoms with E-state index in [1.807, 2.05) is 13.8 Å². The first-order valence-electron chi connectivity index (χ1n) is 8.67. The third kappa shape index (κ3) is 6.78. The van der Waals surface area contributed by atoms with Gasteiger partial charge in [0.2, 0.25) is 10.0 Å². The zero-order valence-electron chi connectivity index (χ0n) is 16.2. The van der Waals surface area contributed by atoms with E-state index in [2.05, 4.69) is 10.0 Å². The van der Waals surface area contributed by atoms with Crippen LogP contribution in [0.1, 0.15) is 13.8 Å². The first-order valence-corrected chi connectivity index (χ1v) is 10.9. The molecule has 2 rings (SSSR count). The maximum absolute atomic E-state index is 12.2. The highest BCUT2D eigenvalue weighted by Gasteiger charge is 2.17. The quantitative estimate of drug-likeness (QED) is 0.590. The Kier molecular flexibility index (Phi) is 8.15. The van der Waals surface area contributed by atoms with Crippen LogP contribution in [0.25, 0.3) is 0 Å². The van der Waals surface area contributed by atoms with Crippen LogP contribution in [0.4, 0.5) is 5.69 Å². The number of ether oxygens (including phenoxy) is 2. The first-order chi connectivity index (χ1) is 13.6. The van der Waals surface area contributed by atoms with Crippen LogP contribution in [0.2, 0.25) is 10.0 Å². The normalized spacial score (nSPS) is 11.4. The average molecular weight is 461 g/mol. The first kappa shape index (κ1) is 23.3. The summed E-state index contributed by atoms with van der Waals surface area (Å²) in [6, 6.07) is 8.87. The molecular formula is C19H22Cl2N2O5S. The predicted octanol–water partition coefficient (Wildman–Crippen LogP) is 3.95. The zero-order chi connectivity index (χ0) is 21.6. The molecule has 10 heteroatoms. The van der Waals surface area contributed by atoms with E-state index in [-0.39, 0.29) is 28.2 Å². The Morgan fingerprint density at radius 2 is 1.72 bits per heavy atom. The van der Waals surface area contributed by atoms with Gasteiger partial charge in [-0.3, -0.25) is 4.79 Å². The molecule has 1 amide bonds. The number of halogens is 2. The fraction of sp³-hybridized carbons (Fsp3) is 0.316. The molecule has 158 valence electrons. The summed E-state index contributed by atoms with van der Waals surface area (Å²) in [5, 5.41) is 3.07. The van der Waals surface area contributed by atoms with Crippen molar-refractivity contribution in [2.24, 2.45) is 5.92 Å². The minimum Gasteiger partial charge on any atom is -0.495 e. The summed E-state index contributed by atoms with van der Waals surface area (Å²) in [5.74, 6) is 0.419. The van der Waals surface area contributed by atoms with Crippen molar-refractivity contribution >= 4 is 44.8 Å². The lowest BCUT2D eigenvalue weighted by Gasteiger charge is -2.12. The highest BCUT2D eigenvalue weighted by Crippen LogP contribution is 2.28. The highest BCUT2D eigenvalue weighted by molar-refractivity contribution is 7.89. The van der Waals surface area contributed by atoms with Crippen molar-refractivity contribution in [1.29, 1.82) is 0 Å². The molecule has 2 aromatic rings. The van der Waals surface area contributed by atoms with Crippen LogP contribution < -0.4 is 19.5 Å². The van der Waals surface area contributed by atoms with Crippen LogP contribution in [-0.4, -0.2) is 34.6 Å². The Hall–Kier alpha value is -2.00. The molecule has 0 atom stereocenters. The molecular weight excluding hydrogens is 439 g/mol. The molecule has 0 radical (unpaired) electrons. The second kappa shape index (κ2) is 10.2. The van der Waals surface area contributed by atoms with Crippen LogP contribution in [0.15, 0.2) is 41.3 Å². The fourth-order valence-electron chi connectivity index (χ4n) is 2.21. The summed E-state index contributed by atoms with van der Waals surface area (Å²) in [7, 11) is -2.17. The molecule has 29 heavy (non-hydrogen) atoms. The Balaban J connectivity index is 1.98. The van der Waals surface area contributed by atoms with Gasteiger partial charge >= 0.3 is 0 Å². The van der Waals surface area contributed by atoms with E-state index >= 15 is 0 Å². The molecule has 0 fully saturated rings. The molecule has 0 spiro atoms. The van der Waals surface area contributed by atoms with Gasteiger partial charge < -0.3 is 14.8 Å². The minimum atomic E-state index is -3.67. The Bertz CT molecular complexity index is 981. The van der Waals surface area contributed by atoms with Crippen LogP contribution in [0, 0.1) is 5.92 Å². The van der Waals surface area contributed by atoms with E-state index in [4.69, 9.17) is 32.7 Å². The van der Waals surface area contributed by atoms with E-state index in [0.717, 1.165) is 0 Å². The summed E-state index contributed by atoms with van der Waals surface area (Å²) in [4.78, 5) is 12.1. The average Bonchev–Trinajstić information content (AvgIpc) is 2.65. The van der Waals surface area contributed by atoms with Gasteiger partial charge in [0.1, 0.15) is 11.5 Å². The highest BCUT2D eigenvalue weighted by atomic mass is 35.5. The lowest BCUT2D eigenvalue weighted by molar-refractivity contribution is -0.118. The van der Waals surface area contributed by atoms with Gasteiger partial charge in [-0.2, -0.15) is 0 Å². The summed E-state index contributed by atoms with van der Waals surface area (Å²) >= 11 is 12.1. The van der Waals surface area contributed by atoms with Crippen LogP contribution >= 0.6 is 23.2 Å². The minimum absolute atomic E-state index is 0.0211. The molecule has 0 saturated heterocycles. The lowest BCUT2D eigenvalue weighted by Crippen LogP contribution is -2.27. The monoisotopic (exact) mass is 460 g/mol. The number of amides is 1. The SMILES string of the molecule is COc1ccc(NC(=O)COc2ccc(S(=O)(=O)NCC(C)C)cc2Cl)cc1Cl. The van der Waals surface area contributed by atoms with Crippen molar-refractivity contribution in [2.75, 3.05) is 25.6 Å². The van der Waals surface area contributed by atoms with Crippen molar-refractivity contribution in [2.45, 2.75) is 18.7 Å². The largest absolute Gasteiger partial charge is 0.495 e. The van der Waals surface area contributed by atoms with Gasteiger partial charge in [-0.25, -0.2) is 13.1 Å². The Morgan fingerprint density at radius 1 is 1.07 bits per heavy atom. The number of carbonyl (C=O) groups excluding carboxylic acids is 1. The van der Waals surface area contributed by atoms with Crippen molar-refractivity contribution < 1.29 is 22.7 Å². The van der Waals surface area contributed by atoms with Crippen LogP contribution in [-0.2, 0) is 14.8 Å². The standard InChI is InChI=1S/C19H22Cl2N2O5S/c1-12(2)10-22-29(25,26)14-5-7-18(16(21)9-14)28-11-19(24)23-13-4-6-17(27-3)15(20)8-13/h4-9,12,22H,10-11H2,1-3H3,(H,23,24). The summed E-state index contributed by atoms with van der Waals surface area (Å²) in [5.41, 5.74) is 0.480. The summed E-state index contributed by atoms with van der Waals surface area (Å²) in [6.07, 6.45) is 0. The fourth-order valence-corrected chi connectivity index (χ4v) is 4.01. The van der Waals surface area contributed by atoms with Gasteiger partial charge in [-0.15, -0.1) is 0 Å². The topological polar surface area (TPSA) is 93.7 Å². The van der Waals surface area contributed by atoms with Gasteiger partial charge in [-0.1, -0.05) is 37.0 Å². The number of sulfonamides is 1. The maximum atomic E-state index is 12.2. The zero-order valence-corrected chi connectivity index (χ0v) is 18.5. The van der Waals surface area contributed by atoms with Gasteiger partial charge in [0, 0.05) is 12.2 Å². The summed E-state index contributed by atoms with van der Waals surface area (Å²) in [6.45, 7) is 3.80. The molecule has 7 nitrogen and oxygen atoms in total. The van der Waals surface area contributed by atoms with E-state index in [1.54, 1.807) is 18.2 Å². The Morgan fingerprint density at radius 3 is 2.31 bits per heavy atom. The molecule has 2 N–H and O–H groups in total. The smallest absolute Gasteiger partial charge is 0.262 e. The number of methoxy groups -OCH3 is 1. The number of anilines is 1. The van der Waals surface area contributed by atoms with Crippen LogP contribution in [0.5, 0.6) is 11.5 Å². The van der Waals surface area contributed by atoms with Gasteiger partial charge in [-0.05, 0) is 42.3 Å². The molecule has 0 aromatic heterocycles. The third-order valence-electron chi connectivity index (χ3n) is 3.69. The second-order valence-corrected chi connectivity index (χ2v) is 9.11. The molecule has 0 saturated carbocycles. The van der Waals surface area contributed by atoms with Crippen molar-refractivity contribution in [3.8, 4) is 11.5 Å². The van der Waals surface area contributed by atoms with Gasteiger partial charge in [0.25, 0.3) is 5.91 Å². The van der Waals surface area contributed by atoms with Gasteiger partial charge in [0.05, 0.1) is 22.1 Å². The summed E-state index contributed by atoms with van der Waals surface area (Å²) < 4.78 is 37.4. The van der Waals surface area contributed by atoms with E-state index in [0.29, 0.717) is 23.0 Å². The van der Waals surface area contributed by atoms with E-state index in [1.165, 1.54) is 25.3 Å². The molecule has 0 unspecified atom stereocenters. The van der Waals surface area contributed by atoms with Crippen molar-refractivity contribution in [3.63, 3.8) is 0 Å². The van der Waals surface area contributed by atoms with E-state index < -0.39 is 15.9 Å².